The van der Waals surface area contributed by atoms with E-state index in [1.54, 1.807) is 0 Å². The van der Waals surface area contributed by atoms with Gasteiger partial charge in [-0.3, -0.25) is 4.79 Å². The van der Waals surface area contributed by atoms with E-state index in [1.807, 2.05) is 0 Å². The van der Waals surface area contributed by atoms with Gasteiger partial charge in [0.2, 0.25) is 5.91 Å². The molecular weight excluding hydrogens is 326 g/mol. The van der Waals surface area contributed by atoms with Crippen molar-refractivity contribution in [3.63, 3.8) is 0 Å². The molecule has 0 spiro atoms. The highest BCUT2D eigenvalue weighted by molar-refractivity contribution is 5.76. The Labute approximate surface area is 161 Å². The molecule has 0 rings (SSSR count). The first-order chi connectivity index (χ1) is 12.8. The maximum absolute atomic E-state index is 11.9. The predicted molar refractivity (Wildman–Crippen MR) is 110 cm³/mol. The van der Waals surface area contributed by atoms with Crippen LogP contribution in [0.2, 0.25) is 0 Å². The molecule has 0 aromatic rings. The summed E-state index contributed by atoms with van der Waals surface area (Å²) in [5, 5.41) is 17.9. The molecule has 2 N–H and O–H groups in total. The Bertz CT molecular complexity index is 360. The second-order valence-corrected chi connectivity index (χ2v) is 6.81. The summed E-state index contributed by atoms with van der Waals surface area (Å²) in [6.45, 7) is 2.76. The van der Waals surface area contributed by atoms with Crippen molar-refractivity contribution in [3.8, 4) is 0 Å². The minimum atomic E-state index is -0.0547. The van der Waals surface area contributed by atoms with E-state index in [1.165, 1.54) is 49.8 Å². The van der Waals surface area contributed by atoms with Crippen molar-refractivity contribution in [3.05, 3.63) is 24.3 Å². The third kappa shape index (κ3) is 16.3. The number of allylic oxidation sites excluding steroid dienone is 4. The van der Waals surface area contributed by atoms with Gasteiger partial charge >= 0.3 is 0 Å². The van der Waals surface area contributed by atoms with Gasteiger partial charge in [0.05, 0.1) is 13.2 Å². The minimum Gasteiger partial charge on any atom is -0.395 e. The van der Waals surface area contributed by atoms with Crippen LogP contribution in [0, 0.1) is 0 Å². The predicted octanol–water partition coefficient (Wildman–Crippen LogP) is 4.61. The summed E-state index contributed by atoms with van der Waals surface area (Å²) < 4.78 is 0. The van der Waals surface area contributed by atoms with Crippen LogP contribution in [0.4, 0.5) is 0 Å². The van der Waals surface area contributed by atoms with Crippen molar-refractivity contribution in [1.29, 1.82) is 0 Å². The number of amides is 1. The first-order valence-corrected chi connectivity index (χ1v) is 10.6. The van der Waals surface area contributed by atoms with Crippen LogP contribution in [0.1, 0.15) is 84.0 Å². The lowest BCUT2D eigenvalue weighted by Crippen LogP contribution is -2.35. The van der Waals surface area contributed by atoms with E-state index < -0.39 is 0 Å². The summed E-state index contributed by atoms with van der Waals surface area (Å²) in [4.78, 5) is 13.5. The molecule has 4 nitrogen and oxygen atoms in total. The van der Waals surface area contributed by atoms with Crippen LogP contribution in [0.15, 0.2) is 24.3 Å². The zero-order chi connectivity index (χ0) is 19.3. The molecule has 0 radical (unpaired) electrons. The summed E-state index contributed by atoms with van der Waals surface area (Å²) in [7, 11) is 0. The second kappa shape index (κ2) is 20.2. The fourth-order valence-corrected chi connectivity index (χ4v) is 2.85. The Morgan fingerprint density at radius 2 is 1.31 bits per heavy atom. The molecule has 4 heteroatoms. The van der Waals surface area contributed by atoms with E-state index in [0.29, 0.717) is 19.5 Å². The zero-order valence-corrected chi connectivity index (χ0v) is 16.9. The first kappa shape index (κ1) is 24.9. The van der Waals surface area contributed by atoms with Gasteiger partial charge in [-0.25, -0.2) is 0 Å². The van der Waals surface area contributed by atoms with Crippen LogP contribution >= 0.6 is 0 Å². The monoisotopic (exact) mass is 367 g/mol. The highest BCUT2D eigenvalue weighted by Crippen LogP contribution is 2.08. The van der Waals surface area contributed by atoms with Gasteiger partial charge < -0.3 is 15.1 Å². The highest BCUT2D eigenvalue weighted by atomic mass is 16.3. The number of carbonyl (C=O) groups is 1. The molecule has 0 aliphatic heterocycles. The standard InChI is InChI=1S/C22H41NO3/c1-2-3-4-5-6-7-8-9-10-11-12-13-14-15-16-17-22(26)23(18-20-24)19-21-25/h9-10,12-13,24-25H,2-8,11,14-21H2,1H3. The lowest BCUT2D eigenvalue weighted by Gasteiger charge is -2.20. The average molecular weight is 368 g/mol. The lowest BCUT2D eigenvalue weighted by molar-refractivity contribution is -0.132. The van der Waals surface area contributed by atoms with Gasteiger partial charge in [0.1, 0.15) is 0 Å². The average Bonchev–Trinajstić information content (AvgIpc) is 2.64. The molecule has 0 aromatic carbocycles. The van der Waals surface area contributed by atoms with Gasteiger partial charge in [-0.15, -0.1) is 0 Å². The van der Waals surface area contributed by atoms with Gasteiger partial charge in [0, 0.05) is 19.5 Å². The second-order valence-electron chi connectivity index (χ2n) is 6.81. The Morgan fingerprint density at radius 3 is 1.88 bits per heavy atom. The van der Waals surface area contributed by atoms with E-state index >= 15 is 0 Å². The Hall–Kier alpha value is -1.13. The fraction of sp³-hybridized carbons (Fsp3) is 0.773. The number of rotatable bonds is 18. The van der Waals surface area contributed by atoms with Gasteiger partial charge in [-0.2, -0.15) is 0 Å². The molecule has 0 heterocycles. The quantitative estimate of drug-likeness (QED) is 0.275. The fourth-order valence-electron chi connectivity index (χ4n) is 2.85. The number of nitrogens with zero attached hydrogens (tertiary/aromatic N) is 1. The van der Waals surface area contributed by atoms with Crippen LogP contribution < -0.4 is 0 Å². The van der Waals surface area contributed by atoms with Gasteiger partial charge in [0.25, 0.3) is 0 Å². The molecule has 0 atom stereocenters. The molecule has 0 saturated heterocycles. The van der Waals surface area contributed by atoms with Crippen molar-refractivity contribution < 1.29 is 15.0 Å². The largest absolute Gasteiger partial charge is 0.395 e. The summed E-state index contributed by atoms with van der Waals surface area (Å²) >= 11 is 0. The first-order valence-electron chi connectivity index (χ1n) is 10.6. The van der Waals surface area contributed by atoms with Crippen LogP contribution in [0.3, 0.4) is 0 Å². The summed E-state index contributed by atoms with van der Waals surface area (Å²) in [6, 6.07) is 0. The molecule has 0 bridgehead atoms. The molecule has 0 saturated carbocycles. The van der Waals surface area contributed by atoms with Crippen LogP contribution in [-0.2, 0) is 4.79 Å². The molecule has 26 heavy (non-hydrogen) atoms. The van der Waals surface area contributed by atoms with E-state index in [2.05, 4.69) is 31.2 Å². The maximum atomic E-state index is 11.9. The lowest BCUT2D eigenvalue weighted by atomic mass is 10.1. The van der Waals surface area contributed by atoms with Crippen LogP contribution in [-0.4, -0.2) is 47.3 Å². The van der Waals surface area contributed by atoms with Gasteiger partial charge in [0.15, 0.2) is 0 Å². The van der Waals surface area contributed by atoms with Crippen molar-refractivity contribution in [2.45, 2.75) is 84.0 Å². The smallest absolute Gasteiger partial charge is 0.222 e. The minimum absolute atomic E-state index is 0.0229. The number of hydrogen-bond acceptors (Lipinski definition) is 3. The number of aliphatic hydroxyl groups excluding tert-OH is 2. The summed E-state index contributed by atoms with van der Waals surface area (Å²) in [6.07, 6.45) is 22.6. The molecule has 0 aliphatic carbocycles. The van der Waals surface area contributed by atoms with Crippen molar-refractivity contribution in [2.24, 2.45) is 0 Å². The summed E-state index contributed by atoms with van der Waals surface area (Å²) in [5.74, 6) is 0.0229. The van der Waals surface area contributed by atoms with Crippen LogP contribution in [0.25, 0.3) is 0 Å². The highest BCUT2D eigenvalue weighted by Gasteiger charge is 2.11. The third-order valence-corrected chi connectivity index (χ3v) is 4.43. The normalized spacial score (nSPS) is 11.7. The van der Waals surface area contributed by atoms with E-state index in [-0.39, 0.29) is 19.1 Å². The van der Waals surface area contributed by atoms with Crippen molar-refractivity contribution >= 4 is 5.91 Å². The summed E-state index contributed by atoms with van der Waals surface area (Å²) in [5.41, 5.74) is 0. The maximum Gasteiger partial charge on any atom is 0.222 e. The number of hydrogen-bond donors (Lipinski definition) is 2. The zero-order valence-electron chi connectivity index (χ0n) is 16.9. The Kier molecular flexibility index (Phi) is 19.3. The molecular formula is C22H41NO3. The number of aliphatic hydroxyl groups is 2. The SMILES string of the molecule is CCCCCCCCC=CCC=CCCCCC(=O)N(CCO)CCO. The molecule has 152 valence electrons. The molecule has 0 unspecified atom stereocenters. The molecule has 0 fully saturated rings. The number of unbranched alkanes of at least 4 members (excludes halogenated alkanes) is 8. The Balaban J connectivity index is 3.52. The topological polar surface area (TPSA) is 60.8 Å². The number of carbonyl (C=O) groups excluding carboxylic acids is 1. The molecule has 0 aromatic heterocycles. The molecule has 0 aliphatic rings. The van der Waals surface area contributed by atoms with Crippen molar-refractivity contribution in [1.82, 2.24) is 4.90 Å². The van der Waals surface area contributed by atoms with Gasteiger partial charge in [-0.1, -0.05) is 63.3 Å². The van der Waals surface area contributed by atoms with Crippen molar-refractivity contribution in [2.75, 3.05) is 26.3 Å². The molecule has 1 amide bonds. The van der Waals surface area contributed by atoms with E-state index in [4.69, 9.17) is 10.2 Å². The van der Waals surface area contributed by atoms with E-state index in [0.717, 1.165) is 25.7 Å². The third-order valence-electron chi connectivity index (χ3n) is 4.43. The Morgan fingerprint density at radius 1 is 0.769 bits per heavy atom. The van der Waals surface area contributed by atoms with Crippen LogP contribution in [0.5, 0.6) is 0 Å². The van der Waals surface area contributed by atoms with Gasteiger partial charge in [-0.05, 0) is 38.5 Å². The van der Waals surface area contributed by atoms with E-state index in [9.17, 15) is 4.79 Å².